The predicted molar refractivity (Wildman–Crippen MR) is 66.1 cm³/mol. The molecule has 0 aliphatic carbocycles. The van der Waals surface area contributed by atoms with Crippen LogP contribution in [0.15, 0.2) is 28.0 Å². The maximum Gasteiger partial charge on any atom is 0.310 e. The Bertz CT molecular complexity index is 364. The molecule has 15 heavy (non-hydrogen) atoms. The van der Waals surface area contributed by atoms with Crippen molar-refractivity contribution in [3.05, 3.63) is 23.8 Å². The summed E-state index contributed by atoms with van der Waals surface area (Å²) >= 11 is 3.33. The maximum absolute atomic E-state index is 10.8. The summed E-state index contributed by atoms with van der Waals surface area (Å²) in [6, 6.07) is 5.85. The van der Waals surface area contributed by atoms with E-state index in [-0.39, 0.29) is 0 Å². The average molecular weight is 242 g/mol. The van der Waals surface area contributed by atoms with Crippen LogP contribution in [0.5, 0.6) is 0 Å². The maximum atomic E-state index is 10.8. The van der Waals surface area contributed by atoms with Crippen molar-refractivity contribution >= 4 is 29.5 Å². The first-order valence-corrected chi connectivity index (χ1v) is 6.99. The molecule has 1 rings (SSSR count). The molecule has 0 aliphatic heterocycles. The molecule has 0 saturated heterocycles. The van der Waals surface area contributed by atoms with Gasteiger partial charge in [-0.05, 0) is 37.1 Å². The van der Waals surface area contributed by atoms with E-state index in [1.54, 1.807) is 30.4 Å². The van der Waals surface area contributed by atoms with Gasteiger partial charge in [0.25, 0.3) is 0 Å². The van der Waals surface area contributed by atoms with Gasteiger partial charge in [-0.25, -0.2) is 0 Å². The fraction of sp³-hybridized carbons (Fsp3) is 0.364. The Kier molecular flexibility index (Phi) is 4.54. The first kappa shape index (κ1) is 12.5. The number of hydrogen-bond acceptors (Lipinski definition) is 3. The number of benzene rings is 1. The smallest absolute Gasteiger partial charge is 0.310 e. The van der Waals surface area contributed by atoms with Crippen molar-refractivity contribution in [2.24, 2.45) is 0 Å². The van der Waals surface area contributed by atoms with Crippen molar-refractivity contribution in [1.29, 1.82) is 0 Å². The highest BCUT2D eigenvalue weighted by Crippen LogP contribution is 2.31. The normalized spacial score (nSPS) is 12.5. The summed E-state index contributed by atoms with van der Waals surface area (Å²) in [7, 11) is 0. The van der Waals surface area contributed by atoms with Gasteiger partial charge < -0.3 is 5.11 Å². The third-order valence-electron chi connectivity index (χ3n) is 2.28. The van der Waals surface area contributed by atoms with E-state index in [1.165, 1.54) is 4.90 Å². The van der Waals surface area contributed by atoms with Crippen molar-refractivity contribution in [2.75, 3.05) is 12.5 Å². The molecule has 0 aromatic heterocycles. The summed E-state index contributed by atoms with van der Waals surface area (Å²) in [4.78, 5) is 13.2. The van der Waals surface area contributed by atoms with Gasteiger partial charge >= 0.3 is 5.97 Å². The minimum atomic E-state index is -0.779. The molecule has 0 heterocycles. The molecular weight excluding hydrogens is 228 g/mol. The lowest BCUT2D eigenvalue weighted by molar-refractivity contribution is -0.138. The zero-order valence-electron chi connectivity index (χ0n) is 8.98. The molecule has 4 heteroatoms. The van der Waals surface area contributed by atoms with Crippen LogP contribution in [0, 0.1) is 0 Å². The van der Waals surface area contributed by atoms with Crippen LogP contribution in [0.25, 0.3) is 0 Å². The molecule has 1 aromatic carbocycles. The summed E-state index contributed by atoms with van der Waals surface area (Å²) in [5.74, 6) is -1.22. The Morgan fingerprint density at radius 1 is 1.27 bits per heavy atom. The van der Waals surface area contributed by atoms with Gasteiger partial charge in [-0.2, -0.15) is 0 Å². The standard InChI is InChI=1S/C11H14O2S2/c1-7(11(12)13)8-4-5-9(14-2)10(6-8)15-3/h4-7H,1-3H3,(H,12,13). The fourth-order valence-electron chi connectivity index (χ4n) is 1.26. The Hall–Kier alpha value is -0.610. The molecule has 2 nitrogen and oxygen atoms in total. The second kappa shape index (κ2) is 5.47. The van der Waals surface area contributed by atoms with Crippen molar-refractivity contribution in [3.63, 3.8) is 0 Å². The molecule has 0 spiro atoms. The molecule has 1 atom stereocenters. The minimum absolute atomic E-state index is 0.438. The topological polar surface area (TPSA) is 37.3 Å². The van der Waals surface area contributed by atoms with Gasteiger partial charge in [-0.3, -0.25) is 4.79 Å². The molecule has 0 amide bonds. The van der Waals surface area contributed by atoms with Crippen LogP contribution < -0.4 is 0 Å². The van der Waals surface area contributed by atoms with Crippen LogP contribution in [0.3, 0.4) is 0 Å². The lowest BCUT2D eigenvalue weighted by atomic mass is 10.0. The highest BCUT2D eigenvalue weighted by Gasteiger charge is 2.14. The van der Waals surface area contributed by atoms with E-state index < -0.39 is 11.9 Å². The second-order valence-electron chi connectivity index (χ2n) is 3.17. The highest BCUT2D eigenvalue weighted by atomic mass is 32.2. The van der Waals surface area contributed by atoms with E-state index in [4.69, 9.17) is 5.11 Å². The Morgan fingerprint density at radius 3 is 2.33 bits per heavy atom. The Balaban J connectivity index is 3.07. The van der Waals surface area contributed by atoms with Crippen LogP contribution in [0.4, 0.5) is 0 Å². The van der Waals surface area contributed by atoms with Gasteiger partial charge in [-0.15, -0.1) is 23.5 Å². The third kappa shape index (κ3) is 2.92. The Morgan fingerprint density at radius 2 is 1.87 bits per heavy atom. The average Bonchev–Trinajstić information content (AvgIpc) is 2.26. The van der Waals surface area contributed by atoms with Gasteiger partial charge in [-0.1, -0.05) is 6.07 Å². The van der Waals surface area contributed by atoms with Gasteiger partial charge in [0.05, 0.1) is 5.92 Å². The molecule has 0 saturated carbocycles. The number of carbonyl (C=O) groups is 1. The fourth-order valence-corrected chi connectivity index (χ4v) is 2.75. The summed E-state index contributed by atoms with van der Waals surface area (Å²) < 4.78 is 0. The van der Waals surface area contributed by atoms with Crippen LogP contribution in [-0.2, 0) is 4.79 Å². The van der Waals surface area contributed by atoms with Crippen molar-refractivity contribution in [2.45, 2.75) is 22.6 Å². The van der Waals surface area contributed by atoms with Gasteiger partial charge in [0.2, 0.25) is 0 Å². The first-order valence-electron chi connectivity index (χ1n) is 4.55. The van der Waals surface area contributed by atoms with Gasteiger partial charge in [0.1, 0.15) is 0 Å². The Labute approximate surface area is 98.5 Å². The largest absolute Gasteiger partial charge is 0.481 e. The van der Waals surface area contributed by atoms with E-state index in [0.717, 1.165) is 10.5 Å². The molecule has 0 fully saturated rings. The van der Waals surface area contributed by atoms with Crippen molar-refractivity contribution < 1.29 is 9.90 Å². The quantitative estimate of drug-likeness (QED) is 0.822. The molecule has 0 aliphatic rings. The number of carboxylic acids is 1. The van der Waals surface area contributed by atoms with Gasteiger partial charge in [0.15, 0.2) is 0 Å². The van der Waals surface area contributed by atoms with Crippen LogP contribution in [0.2, 0.25) is 0 Å². The summed E-state index contributed by atoms with van der Waals surface area (Å²) in [6.07, 6.45) is 4.03. The van der Waals surface area contributed by atoms with Gasteiger partial charge in [0, 0.05) is 9.79 Å². The lowest BCUT2D eigenvalue weighted by Crippen LogP contribution is -2.07. The van der Waals surface area contributed by atoms with E-state index in [9.17, 15) is 4.79 Å². The van der Waals surface area contributed by atoms with Crippen molar-refractivity contribution in [3.8, 4) is 0 Å². The zero-order chi connectivity index (χ0) is 11.4. The highest BCUT2D eigenvalue weighted by molar-refractivity contribution is 8.01. The molecule has 0 bridgehead atoms. The number of aliphatic carboxylic acids is 1. The first-order chi connectivity index (χ1) is 7.10. The molecule has 1 N–H and O–H groups in total. The monoisotopic (exact) mass is 242 g/mol. The molecule has 1 unspecified atom stereocenters. The summed E-state index contributed by atoms with van der Waals surface area (Å²) in [5, 5.41) is 8.91. The molecule has 1 aromatic rings. The minimum Gasteiger partial charge on any atom is -0.481 e. The van der Waals surface area contributed by atoms with E-state index >= 15 is 0 Å². The van der Waals surface area contributed by atoms with Crippen LogP contribution in [0.1, 0.15) is 18.4 Å². The number of carboxylic acid groups (broad SMARTS) is 1. The number of thioether (sulfide) groups is 2. The number of rotatable bonds is 4. The van der Waals surface area contributed by atoms with Crippen molar-refractivity contribution in [1.82, 2.24) is 0 Å². The SMILES string of the molecule is CSc1ccc(C(C)C(=O)O)cc1SC. The second-order valence-corrected chi connectivity index (χ2v) is 4.87. The lowest BCUT2D eigenvalue weighted by Gasteiger charge is -2.10. The molecule has 0 radical (unpaired) electrons. The zero-order valence-corrected chi connectivity index (χ0v) is 10.6. The molecule has 82 valence electrons. The van der Waals surface area contributed by atoms with E-state index in [0.29, 0.717) is 0 Å². The van der Waals surface area contributed by atoms with Crippen LogP contribution in [-0.4, -0.2) is 23.6 Å². The van der Waals surface area contributed by atoms with E-state index in [1.807, 2.05) is 30.7 Å². The van der Waals surface area contributed by atoms with Crippen LogP contribution >= 0.6 is 23.5 Å². The summed E-state index contributed by atoms with van der Waals surface area (Å²) in [5.41, 5.74) is 0.865. The number of hydrogen-bond donors (Lipinski definition) is 1. The molecular formula is C11H14O2S2. The third-order valence-corrected chi connectivity index (χ3v) is 3.98. The van der Waals surface area contributed by atoms with E-state index in [2.05, 4.69) is 0 Å². The summed E-state index contributed by atoms with van der Waals surface area (Å²) in [6.45, 7) is 1.71. The predicted octanol–water partition coefficient (Wildman–Crippen LogP) is 3.32.